The van der Waals surface area contributed by atoms with Gasteiger partial charge in [0, 0.05) is 30.5 Å². The number of rotatable bonds is 5. The lowest BCUT2D eigenvalue weighted by Crippen LogP contribution is -2.49. The van der Waals surface area contributed by atoms with Crippen LogP contribution in [0.15, 0.2) is 12.3 Å². The number of carbonyl (C=O) groups excluding carboxylic acids is 1. The number of imidazole rings is 1. The Labute approximate surface area is 161 Å². The topological polar surface area (TPSA) is 80.5 Å². The summed E-state index contributed by atoms with van der Waals surface area (Å²) in [6, 6.07) is 2.11. The first kappa shape index (κ1) is 21.2. The van der Waals surface area contributed by atoms with Crippen LogP contribution in [0.3, 0.4) is 0 Å². The summed E-state index contributed by atoms with van der Waals surface area (Å²) in [7, 11) is 0. The summed E-state index contributed by atoms with van der Waals surface area (Å²) in [5.74, 6) is 0.712. The van der Waals surface area contributed by atoms with E-state index in [1.165, 1.54) is 0 Å². The van der Waals surface area contributed by atoms with Crippen LogP contribution >= 0.6 is 0 Å². The molecule has 2 N–H and O–H groups in total. The maximum absolute atomic E-state index is 12.0. The Hall–Kier alpha value is -2.15. The number of hydrogen-bond acceptors (Lipinski definition) is 5. The molecule has 2 rings (SSSR count). The van der Waals surface area contributed by atoms with Gasteiger partial charge in [0.2, 0.25) is 5.78 Å². The van der Waals surface area contributed by atoms with E-state index in [1.54, 1.807) is 0 Å². The summed E-state index contributed by atoms with van der Waals surface area (Å²) in [6.07, 6.45) is 1.45. The van der Waals surface area contributed by atoms with E-state index in [0.29, 0.717) is 18.9 Å². The standard InChI is InChI=1S/C20H33N5O2/c1-13-9-14(2)25-15(11-22-17(25)24-13)10-21-16(19(3,4)5)12-23-18(26)27-20(6,7)8/h9,11,16,21H,10,12H2,1-8H3,(H,23,26)/t16-/m0/s1. The fourth-order valence-corrected chi connectivity index (χ4v) is 2.93. The predicted octanol–water partition coefficient (Wildman–Crippen LogP) is 3.38. The molecule has 0 unspecified atom stereocenters. The van der Waals surface area contributed by atoms with E-state index in [2.05, 4.69) is 52.7 Å². The summed E-state index contributed by atoms with van der Waals surface area (Å²) < 4.78 is 7.39. The van der Waals surface area contributed by atoms with Gasteiger partial charge < -0.3 is 15.4 Å². The van der Waals surface area contributed by atoms with Gasteiger partial charge in [0.25, 0.3) is 0 Å². The number of hydrogen-bond donors (Lipinski definition) is 2. The number of carbonyl (C=O) groups is 1. The van der Waals surface area contributed by atoms with E-state index in [0.717, 1.165) is 17.1 Å². The Morgan fingerprint density at radius 3 is 2.48 bits per heavy atom. The Kier molecular flexibility index (Phi) is 6.14. The van der Waals surface area contributed by atoms with Gasteiger partial charge in [0.1, 0.15) is 5.60 Å². The minimum absolute atomic E-state index is 0.0423. The van der Waals surface area contributed by atoms with Crippen molar-refractivity contribution in [2.75, 3.05) is 6.54 Å². The van der Waals surface area contributed by atoms with Crippen molar-refractivity contribution in [3.05, 3.63) is 29.3 Å². The third-order valence-corrected chi connectivity index (χ3v) is 4.29. The fourth-order valence-electron chi connectivity index (χ4n) is 2.93. The van der Waals surface area contributed by atoms with Crippen molar-refractivity contribution in [3.63, 3.8) is 0 Å². The fraction of sp³-hybridized carbons (Fsp3) is 0.650. The van der Waals surface area contributed by atoms with Crippen LogP contribution in [0.25, 0.3) is 5.78 Å². The van der Waals surface area contributed by atoms with Crippen LogP contribution in [0.1, 0.15) is 58.6 Å². The molecule has 0 aliphatic heterocycles. The Morgan fingerprint density at radius 1 is 1.22 bits per heavy atom. The summed E-state index contributed by atoms with van der Waals surface area (Å²) >= 11 is 0. The molecule has 0 aliphatic rings. The molecule has 0 saturated heterocycles. The molecular weight excluding hydrogens is 342 g/mol. The molecule has 2 aromatic rings. The molecule has 1 atom stereocenters. The van der Waals surface area contributed by atoms with E-state index in [-0.39, 0.29) is 11.5 Å². The number of nitrogens with zero attached hydrogens (tertiary/aromatic N) is 3. The number of alkyl carbamates (subject to hydrolysis) is 1. The molecule has 2 aromatic heterocycles. The molecule has 0 radical (unpaired) electrons. The zero-order chi connectivity index (χ0) is 20.4. The maximum Gasteiger partial charge on any atom is 0.407 e. The molecule has 7 heteroatoms. The first-order valence-corrected chi connectivity index (χ1v) is 9.37. The molecule has 150 valence electrons. The lowest BCUT2D eigenvalue weighted by atomic mass is 9.86. The van der Waals surface area contributed by atoms with Gasteiger partial charge in [0.05, 0.1) is 11.9 Å². The largest absolute Gasteiger partial charge is 0.444 e. The van der Waals surface area contributed by atoms with Crippen LogP contribution in [0.2, 0.25) is 0 Å². The highest BCUT2D eigenvalue weighted by atomic mass is 16.6. The smallest absolute Gasteiger partial charge is 0.407 e. The maximum atomic E-state index is 12.0. The van der Waals surface area contributed by atoms with E-state index >= 15 is 0 Å². The number of aryl methyl sites for hydroxylation is 2. The number of nitrogens with one attached hydrogen (secondary N) is 2. The van der Waals surface area contributed by atoms with Crippen molar-refractivity contribution in [2.24, 2.45) is 5.41 Å². The molecule has 0 saturated carbocycles. The van der Waals surface area contributed by atoms with Gasteiger partial charge >= 0.3 is 6.09 Å². The van der Waals surface area contributed by atoms with Crippen molar-refractivity contribution in [1.29, 1.82) is 0 Å². The second-order valence-electron chi connectivity index (χ2n) is 9.11. The molecule has 2 heterocycles. The average molecular weight is 376 g/mol. The van der Waals surface area contributed by atoms with Crippen molar-refractivity contribution in [2.45, 2.75) is 73.6 Å². The van der Waals surface area contributed by atoms with E-state index in [1.807, 2.05) is 40.0 Å². The number of aromatic nitrogens is 3. The quantitative estimate of drug-likeness (QED) is 0.837. The van der Waals surface area contributed by atoms with Crippen LogP contribution in [-0.4, -0.2) is 38.6 Å². The highest BCUT2D eigenvalue weighted by molar-refractivity contribution is 5.67. The minimum Gasteiger partial charge on any atom is -0.444 e. The first-order valence-electron chi connectivity index (χ1n) is 9.37. The molecule has 1 amide bonds. The highest BCUT2D eigenvalue weighted by Gasteiger charge is 2.26. The molecule has 0 spiro atoms. The normalized spacial score (nSPS) is 13.6. The minimum atomic E-state index is -0.506. The van der Waals surface area contributed by atoms with Crippen molar-refractivity contribution in [3.8, 4) is 0 Å². The van der Waals surface area contributed by atoms with Gasteiger partial charge in [-0.05, 0) is 46.1 Å². The summed E-state index contributed by atoms with van der Waals surface area (Å²) in [6.45, 7) is 17.1. The van der Waals surface area contributed by atoms with Crippen molar-refractivity contribution >= 4 is 11.9 Å². The summed E-state index contributed by atoms with van der Waals surface area (Å²) in [5, 5.41) is 6.43. The summed E-state index contributed by atoms with van der Waals surface area (Å²) in [5.41, 5.74) is 2.56. The van der Waals surface area contributed by atoms with Gasteiger partial charge in [-0.1, -0.05) is 20.8 Å². The predicted molar refractivity (Wildman–Crippen MR) is 107 cm³/mol. The van der Waals surface area contributed by atoms with Crippen LogP contribution in [-0.2, 0) is 11.3 Å². The molecular formula is C20H33N5O2. The highest BCUT2D eigenvalue weighted by Crippen LogP contribution is 2.20. The number of ether oxygens (including phenoxy) is 1. The van der Waals surface area contributed by atoms with Gasteiger partial charge in [0.15, 0.2) is 0 Å². The van der Waals surface area contributed by atoms with Gasteiger partial charge in [-0.3, -0.25) is 4.40 Å². The molecule has 0 aromatic carbocycles. The van der Waals surface area contributed by atoms with Crippen molar-refractivity contribution in [1.82, 2.24) is 25.0 Å². The van der Waals surface area contributed by atoms with Crippen LogP contribution < -0.4 is 10.6 Å². The molecule has 0 bridgehead atoms. The zero-order valence-electron chi connectivity index (χ0n) is 17.8. The third kappa shape index (κ3) is 5.92. The Bertz CT molecular complexity index is 799. The van der Waals surface area contributed by atoms with Gasteiger partial charge in [-0.15, -0.1) is 0 Å². The van der Waals surface area contributed by atoms with Crippen molar-refractivity contribution < 1.29 is 9.53 Å². The van der Waals surface area contributed by atoms with E-state index in [4.69, 9.17) is 4.74 Å². The Morgan fingerprint density at radius 2 is 1.89 bits per heavy atom. The van der Waals surface area contributed by atoms with Crippen LogP contribution in [0.5, 0.6) is 0 Å². The van der Waals surface area contributed by atoms with Crippen LogP contribution in [0.4, 0.5) is 4.79 Å². The molecule has 0 aliphatic carbocycles. The average Bonchev–Trinajstić information content (AvgIpc) is 2.87. The zero-order valence-corrected chi connectivity index (χ0v) is 17.8. The SMILES string of the molecule is Cc1cc(C)n2c(CN[C@@H](CNC(=O)OC(C)(C)C)C(C)(C)C)cnc2n1. The second kappa shape index (κ2) is 7.84. The lowest BCUT2D eigenvalue weighted by Gasteiger charge is -2.32. The monoisotopic (exact) mass is 375 g/mol. The summed E-state index contributed by atoms with van der Waals surface area (Å²) in [4.78, 5) is 20.9. The number of fused-ring (bicyclic) bond motifs is 1. The first-order chi connectivity index (χ1) is 12.4. The third-order valence-electron chi connectivity index (χ3n) is 4.29. The molecule has 0 fully saturated rings. The molecule has 7 nitrogen and oxygen atoms in total. The number of amides is 1. The second-order valence-corrected chi connectivity index (χ2v) is 9.11. The van der Waals surface area contributed by atoms with Gasteiger partial charge in [-0.25, -0.2) is 14.8 Å². The van der Waals surface area contributed by atoms with Crippen LogP contribution in [0, 0.1) is 19.3 Å². The van der Waals surface area contributed by atoms with E-state index in [9.17, 15) is 4.79 Å². The lowest BCUT2D eigenvalue weighted by molar-refractivity contribution is 0.0513. The Balaban J connectivity index is 2.06. The molecule has 27 heavy (non-hydrogen) atoms. The van der Waals surface area contributed by atoms with Gasteiger partial charge in [-0.2, -0.15) is 0 Å². The van der Waals surface area contributed by atoms with E-state index < -0.39 is 11.7 Å².